The van der Waals surface area contributed by atoms with Crippen LogP contribution < -0.4 is 5.73 Å². The van der Waals surface area contributed by atoms with Gasteiger partial charge in [0.15, 0.2) is 10.3 Å². The highest BCUT2D eigenvalue weighted by atomic mass is 35.5. The fourth-order valence-electron chi connectivity index (χ4n) is 3.05. The van der Waals surface area contributed by atoms with Crippen molar-refractivity contribution in [1.82, 2.24) is 15.1 Å². The average Bonchev–Trinajstić information content (AvgIpc) is 3.05. The molecule has 2 aromatic heterocycles. The number of ketones is 1. The van der Waals surface area contributed by atoms with Crippen LogP contribution in [0, 0.1) is 0 Å². The molecule has 2 aromatic rings. The number of carbonyl (C=O) groups is 1. The molecule has 0 bridgehead atoms. The number of anilines is 1. The molecule has 7 nitrogen and oxygen atoms in total. The van der Waals surface area contributed by atoms with E-state index >= 15 is 0 Å². The summed E-state index contributed by atoms with van der Waals surface area (Å²) in [6.45, 7) is 2.05. The van der Waals surface area contributed by atoms with Gasteiger partial charge in [-0.2, -0.15) is 0 Å². The molecular weight excluding hydrogens is 379 g/mol. The number of nitrogens with zero attached hydrogens (tertiary/aromatic N) is 3. The van der Waals surface area contributed by atoms with E-state index in [4.69, 9.17) is 38.6 Å². The first-order chi connectivity index (χ1) is 12.5. The first-order valence-electron chi connectivity index (χ1n) is 8.47. The van der Waals surface area contributed by atoms with Gasteiger partial charge in [0.25, 0.3) is 0 Å². The summed E-state index contributed by atoms with van der Waals surface area (Å²) in [5.41, 5.74) is 7.37. The van der Waals surface area contributed by atoms with E-state index in [1.807, 2.05) is 6.92 Å². The Hall–Kier alpha value is -1.70. The highest BCUT2D eigenvalue weighted by Gasteiger charge is 2.31. The first-order valence-corrected chi connectivity index (χ1v) is 9.23. The van der Waals surface area contributed by atoms with Crippen molar-refractivity contribution in [3.63, 3.8) is 0 Å². The monoisotopic (exact) mass is 400 g/mol. The Morgan fingerprint density at radius 1 is 1.23 bits per heavy atom. The largest absolute Gasteiger partial charge is 0.400 e. The maximum atomic E-state index is 12.3. The van der Waals surface area contributed by atoms with Crippen LogP contribution >= 0.6 is 23.2 Å². The molecule has 2 heterocycles. The zero-order valence-corrected chi connectivity index (χ0v) is 16.3. The third-order valence-electron chi connectivity index (χ3n) is 4.26. The molecule has 0 aliphatic heterocycles. The molecule has 9 heteroatoms. The molecule has 1 atom stereocenters. The lowest BCUT2D eigenvalue weighted by Gasteiger charge is -2.19. The van der Waals surface area contributed by atoms with Gasteiger partial charge in [-0.15, -0.1) is 0 Å². The second-order valence-corrected chi connectivity index (χ2v) is 6.65. The van der Waals surface area contributed by atoms with Crippen LogP contribution in [0.25, 0.3) is 11.6 Å². The third-order valence-corrected chi connectivity index (χ3v) is 4.84. The van der Waals surface area contributed by atoms with Crippen LogP contribution in [0.3, 0.4) is 0 Å². The molecule has 1 aliphatic carbocycles. The summed E-state index contributed by atoms with van der Waals surface area (Å²) in [6.07, 6.45) is 4.93. The van der Waals surface area contributed by atoms with Gasteiger partial charge in [0.1, 0.15) is 11.5 Å². The Bertz CT molecular complexity index is 756. The summed E-state index contributed by atoms with van der Waals surface area (Å²) in [7, 11) is 1.00. The van der Waals surface area contributed by atoms with Gasteiger partial charge in [0.2, 0.25) is 11.6 Å². The molecule has 26 heavy (non-hydrogen) atoms. The lowest BCUT2D eigenvalue weighted by Crippen LogP contribution is -2.18. The van der Waals surface area contributed by atoms with Gasteiger partial charge in [0.05, 0.1) is 11.6 Å². The van der Waals surface area contributed by atoms with E-state index in [-0.39, 0.29) is 33.5 Å². The third kappa shape index (κ3) is 4.16. The Kier molecular flexibility index (Phi) is 7.37. The van der Waals surface area contributed by atoms with E-state index < -0.39 is 0 Å². The van der Waals surface area contributed by atoms with Crippen LogP contribution in [0.2, 0.25) is 10.3 Å². The maximum Gasteiger partial charge on any atom is 0.207 e. The quantitative estimate of drug-likeness (QED) is 0.749. The van der Waals surface area contributed by atoms with Gasteiger partial charge < -0.3 is 15.4 Å². The Labute approximate surface area is 161 Å². The topological polar surface area (TPSA) is 115 Å². The van der Waals surface area contributed by atoms with Gasteiger partial charge in [-0.25, -0.2) is 9.97 Å². The molecule has 0 amide bonds. The van der Waals surface area contributed by atoms with Crippen molar-refractivity contribution in [3.8, 4) is 11.6 Å². The molecule has 3 rings (SSSR count). The molecule has 3 N–H and O–H groups in total. The van der Waals surface area contributed by atoms with Gasteiger partial charge in [0, 0.05) is 19.1 Å². The molecule has 0 unspecified atom stereocenters. The highest BCUT2D eigenvalue weighted by Crippen LogP contribution is 2.37. The normalized spacial score (nSPS) is 17.0. The van der Waals surface area contributed by atoms with E-state index in [0.29, 0.717) is 24.3 Å². The smallest absolute Gasteiger partial charge is 0.207 e. The van der Waals surface area contributed by atoms with Crippen LogP contribution in [-0.4, -0.2) is 33.1 Å². The number of Topliss-reactive ketones (excluding diaryl/α,β-unsaturated/α-hetero) is 1. The number of nitrogen functional groups attached to an aromatic ring is 1. The SMILES string of the molecule is CCCc1c([C@H]2CCCCC2=O)noc1-c1nc(Cl)c(N)c(Cl)n1.CO. The number of aliphatic hydroxyl groups excluding tert-OH is 1. The van der Waals surface area contributed by atoms with Crippen molar-refractivity contribution in [2.24, 2.45) is 0 Å². The molecule has 0 aromatic carbocycles. The Morgan fingerprint density at radius 3 is 2.46 bits per heavy atom. The summed E-state index contributed by atoms with van der Waals surface area (Å²) >= 11 is 12.0. The summed E-state index contributed by atoms with van der Waals surface area (Å²) in [4.78, 5) is 20.6. The number of aliphatic hydroxyl groups is 1. The van der Waals surface area contributed by atoms with Crippen molar-refractivity contribution in [2.45, 2.75) is 51.4 Å². The number of aromatic nitrogens is 3. The summed E-state index contributed by atoms with van der Waals surface area (Å²) in [5.74, 6) is 0.656. The molecule has 1 fully saturated rings. The van der Waals surface area contributed by atoms with Crippen LogP contribution in [0.15, 0.2) is 4.52 Å². The van der Waals surface area contributed by atoms with E-state index in [1.54, 1.807) is 0 Å². The fourth-order valence-corrected chi connectivity index (χ4v) is 3.44. The van der Waals surface area contributed by atoms with Gasteiger partial charge in [-0.3, -0.25) is 4.79 Å². The van der Waals surface area contributed by atoms with Crippen molar-refractivity contribution < 1.29 is 14.4 Å². The second kappa shape index (κ2) is 9.30. The predicted octanol–water partition coefficient (Wildman–Crippen LogP) is 3.81. The molecule has 1 saturated carbocycles. The van der Waals surface area contributed by atoms with Crippen LogP contribution in [0.1, 0.15) is 56.2 Å². The summed E-state index contributed by atoms with van der Waals surface area (Å²) in [5, 5.41) is 11.3. The number of nitrogens with two attached hydrogens (primary N) is 1. The molecule has 0 saturated heterocycles. The van der Waals surface area contributed by atoms with E-state index in [9.17, 15) is 4.79 Å². The Balaban J connectivity index is 0.00000117. The first kappa shape index (κ1) is 20.6. The van der Waals surface area contributed by atoms with Crippen molar-refractivity contribution in [1.29, 1.82) is 0 Å². The summed E-state index contributed by atoms with van der Waals surface area (Å²) < 4.78 is 5.50. The van der Waals surface area contributed by atoms with Crippen molar-refractivity contribution in [3.05, 3.63) is 21.6 Å². The lowest BCUT2D eigenvalue weighted by molar-refractivity contribution is -0.122. The van der Waals surface area contributed by atoms with E-state index in [2.05, 4.69) is 15.1 Å². The molecule has 142 valence electrons. The van der Waals surface area contributed by atoms with Gasteiger partial charge >= 0.3 is 0 Å². The number of hydrogen-bond donors (Lipinski definition) is 2. The standard InChI is InChI=1S/C16H18Cl2N4O2.CH4O/c1-2-5-9-12(8-6-3-4-7-10(8)23)22-24-13(9)16-20-14(17)11(19)15(18)21-16;1-2/h8H,2-7,19H2,1H3;2H,1H3/t8-;/m0./s1. The van der Waals surface area contributed by atoms with Crippen LogP contribution in [0.4, 0.5) is 5.69 Å². The van der Waals surface area contributed by atoms with Crippen molar-refractivity contribution >= 4 is 34.7 Å². The molecule has 0 spiro atoms. The molecular formula is C17H22Cl2N4O3. The van der Waals surface area contributed by atoms with Gasteiger partial charge in [-0.05, 0) is 19.3 Å². The van der Waals surface area contributed by atoms with Crippen LogP contribution in [-0.2, 0) is 11.2 Å². The fraction of sp³-hybridized carbons (Fsp3) is 0.529. The average molecular weight is 401 g/mol. The van der Waals surface area contributed by atoms with Crippen molar-refractivity contribution in [2.75, 3.05) is 12.8 Å². The van der Waals surface area contributed by atoms with Gasteiger partial charge in [-0.1, -0.05) is 48.1 Å². The minimum atomic E-state index is -0.211. The minimum absolute atomic E-state index is 0.0686. The number of halogens is 2. The number of carbonyl (C=O) groups excluding carboxylic acids is 1. The lowest BCUT2D eigenvalue weighted by atomic mass is 9.83. The second-order valence-electron chi connectivity index (χ2n) is 5.93. The highest BCUT2D eigenvalue weighted by molar-refractivity contribution is 6.37. The maximum absolute atomic E-state index is 12.3. The zero-order chi connectivity index (χ0) is 19.3. The predicted molar refractivity (Wildman–Crippen MR) is 100 cm³/mol. The molecule has 1 aliphatic rings. The summed E-state index contributed by atoms with van der Waals surface area (Å²) in [6, 6.07) is 0. The van der Waals surface area contributed by atoms with Crippen LogP contribution in [0.5, 0.6) is 0 Å². The zero-order valence-electron chi connectivity index (χ0n) is 14.8. The minimum Gasteiger partial charge on any atom is -0.400 e. The Morgan fingerprint density at radius 2 is 1.88 bits per heavy atom. The molecule has 0 radical (unpaired) electrons. The van der Waals surface area contributed by atoms with E-state index in [0.717, 1.165) is 38.4 Å². The number of rotatable bonds is 4. The van der Waals surface area contributed by atoms with E-state index in [1.165, 1.54) is 0 Å². The number of hydrogen-bond acceptors (Lipinski definition) is 7.